The van der Waals surface area contributed by atoms with Crippen molar-refractivity contribution in [1.82, 2.24) is 10.2 Å². The summed E-state index contributed by atoms with van der Waals surface area (Å²) in [6.07, 6.45) is 0.288. The molecule has 1 heterocycles. The lowest BCUT2D eigenvalue weighted by molar-refractivity contribution is -0.115. The first-order valence-corrected chi connectivity index (χ1v) is 8.09. The number of aromatic nitrogens is 2. The summed E-state index contributed by atoms with van der Waals surface area (Å²) in [5.74, 6) is 1.13. The third kappa shape index (κ3) is 4.36. The lowest BCUT2D eigenvalue weighted by atomic mass is 10.1. The molecule has 6 nitrogen and oxygen atoms in total. The molecule has 1 aromatic heterocycles. The van der Waals surface area contributed by atoms with Crippen molar-refractivity contribution in [3.63, 3.8) is 0 Å². The van der Waals surface area contributed by atoms with Crippen LogP contribution >= 0.6 is 0 Å². The highest BCUT2D eigenvalue weighted by Gasteiger charge is 2.07. The van der Waals surface area contributed by atoms with Crippen LogP contribution in [0.1, 0.15) is 5.56 Å². The van der Waals surface area contributed by atoms with Gasteiger partial charge in [-0.1, -0.05) is 24.3 Å². The molecule has 3 aromatic rings. The molecule has 0 bridgehead atoms. The first kappa shape index (κ1) is 17.4. The van der Waals surface area contributed by atoms with Crippen LogP contribution in [0.15, 0.2) is 60.7 Å². The Labute approximate surface area is 151 Å². The molecule has 0 aliphatic rings. The van der Waals surface area contributed by atoms with Gasteiger partial charge in [-0.25, -0.2) is 0 Å². The van der Waals surface area contributed by atoms with E-state index < -0.39 is 0 Å². The SMILES string of the molecule is COc1ccc(CC(=O)Nc2cccc(-c3ccc(OC)nn3)c2)cc1. The maximum atomic E-state index is 12.3. The minimum absolute atomic E-state index is 0.0897. The number of benzene rings is 2. The number of amides is 1. The number of hydrogen-bond donors (Lipinski definition) is 1. The second-order valence-corrected chi connectivity index (χ2v) is 5.61. The van der Waals surface area contributed by atoms with E-state index in [-0.39, 0.29) is 12.3 Å². The summed E-state index contributed by atoms with van der Waals surface area (Å²) in [7, 11) is 3.16. The van der Waals surface area contributed by atoms with Crippen LogP contribution in [0.25, 0.3) is 11.3 Å². The van der Waals surface area contributed by atoms with Crippen LogP contribution in [0.3, 0.4) is 0 Å². The van der Waals surface area contributed by atoms with Gasteiger partial charge in [0, 0.05) is 17.3 Å². The number of carbonyl (C=O) groups excluding carboxylic acids is 1. The molecule has 132 valence electrons. The zero-order chi connectivity index (χ0) is 18.4. The number of hydrogen-bond acceptors (Lipinski definition) is 5. The smallest absolute Gasteiger partial charge is 0.233 e. The van der Waals surface area contributed by atoms with Crippen molar-refractivity contribution >= 4 is 11.6 Å². The second kappa shape index (κ2) is 8.11. The van der Waals surface area contributed by atoms with Crippen molar-refractivity contribution < 1.29 is 14.3 Å². The lowest BCUT2D eigenvalue weighted by Crippen LogP contribution is -2.14. The predicted octanol–water partition coefficient (Wildman–Crippen LogP) is 3.34. The molecule has 0 unspecified atom stereocenters. The quantitative estimate of drug-likeness (QED) is 0.739. The van der Waals surface area contributed by atoms with Gasteiger partial charge in [-0.3, -0.25) is 4.79 Å². The van der Waals surface area contributed by atoms with Gasteiger partial charge in [-0.05, 0) is 35.9 Å². The van der Waals surface area contributed by atoms with Gasteiger partial charge in [-0.15, -0.1) is 10.2 Å². The van der Waals surface area contributed by atoms with Crippen molar-refractivity contribution in [3.8, 4) is 22.9 Å². The number of ether oxygens (including phenoxy) is 2. The summed E-state index contributed by atoms with van der Waals surface area (Å²) in [5, 5.41) is 11.0. The van der Waals surface area contributed by atoms with Crippen LogP contribution in [0.4, 0.5) is 5.69 Å². The number of nitrogens with zero attached hydrogens (tertiary/aromatic N) is 2. The Balaban J connectivity index is 1.68. The van der Waals surface area contributed by atoms with Gasteiger partial charge in [0.15, 0.2) is 0 Å². The molecule has 2 aromatic carbocycles. The van der Waals surface area contributed by atoms with Crippen molar-refractivity contribution in [2.75, 3.05) is 19.5 Å². The average Bonchev–Trinajstić information content (AvgIpc) is 2.69. The Morgan fingerprint density at radius 1 is 0.962 bits per heavy atom. The minimum atomic E-state index is -0.0897. The average molecular weight is 349 g/mol. The summed E-state index contributed by atoms with van der Waals surface area (Å²) in [5.41, 5.74) is 3.19. The number of carbonyl (C=O) groups is 1. The molecule has 0 fully saturated rings. The highest BCUT2D eigenvalue weighted by Crippen LogP contribution is 2.21. The van der Waals surface area contributed by atoms with Gasteiger partial charge in [0.25, 0.3) is 0 Å². The van der Waals surface area contributed by atoms with Crippen molar-refractivity contribution in [2.45, 2.75) is 6.42 Å². The van der Waals surface area contributed by atoms with Gasteiger partial charge < -0.3 is 14.8 Å². The molecule has 1 N–H and O–H groups in total. The number of methoxy groups -OCH3 is 2. The van der Waals surface area contributed by atoms with Crippen LogP contribution in [0, 0.1) is 0 Å². The molecule has 0 atom stereocenters. The molecule has 3 rings (SSSR count). The summed E-state index contributed by atoms with van der Waals surface area (Å²) in [6.45, 7) is 0. The molecular weight excluding hydrogens is 330 g/mol. The van der Waals surface area contributed by atoms with Crippen molar-refractivity contribution in [2.24, 2.45) is 0 Å². The minimum Gasteiger partial charge on any atom is -0.497 e. The van der Waals surface area contributed by atoms with Crippen molar-refractivity contribution in [1.29, 1.82) is 0 Å². The lowest BCUT2D eigenvalue weighted by Gasteiger charge is -2.08. The largest absolute Gasteiger partial charge is 0.497 e. The van der Waals surface area contributed by atoms with E-state index in [0.717, 1.165) is 16.9 Å². The molecule has 0 spiro atoms. The highest BCUT2D eigenvalue weighted by atomic mass is 16.5. The molecule has 0 aliphatic carbocycles. The maximum Gasteiger partial charge on any atom is 0.233 e. The fourth-order valence-corrected chi connectivity index (χ4v) is 2.47. The van der Waals surface area contributed by atoms with Gasteiger partial charge >= 0.3 is 0 Å². The number of rotatable bonds is 6. The third-order valence-corrected chi connectivity index (χ3v) is 3.82. The topological polar surface area (TPSA) is 73.3 Å². The molecule has 0 radical (unpaired) electrons. The van der Waals surface area contributed by atoms with E-state index in [1.165, 1.54) is 0 Å². The zero-order valence-corrected chi connectivity index (χ0v) is 14.6. The summed E-state index contributed by atoms with van der Waals surface area (Å²) >= 11 is 0. The highest BCUT2D eigenvalue weighted by molar-refractivity contribution is 5.92. The van der Waals surface area contributed by atoms with E-state index in [1.54, 1.807) is 20.3 Å². The Kier molecular flexibility index (Phi) is 5.43. The van der Waals surface area contributed by atoms with Crippen LogP contribution in [-0.2, 0) is 11.2 Å². The van der Waals surface area contributed by atoms with E-state index in [1.807, 2.05) is 54.6 Å². The van der Waals surface area contributed by atoms with Gasteiger partial charge in [-0.2, -0.15) is 0 Å². The van der Waals surface area contributed by atoms with E-state index in [2.05, 4.69) is 15.5 Å². The maximum absolute atomic E-state index is 12.3. The number of nitrogens with one attached hydrogen (secondary N) is 1. The van der Waals surface area contributed by atoms with Gasteiger partial charge in [0.2, 0.25) is 11.8 Å². The summed E-state index contributed by atoms with van der Waals surface area (Å²) in [6, 6.07) is 18.5. The Bertz CT molecular complexity index is 878. The first-order valence-electron chi connectivity index (χ1n) is 8.09. The second-order valence-electron chi connectivity index (χ2n) is 5.61. The fraction of sp³-hybridized carbons (Fsp3) is 0.150. The van der Waals surface area contributed by atoms with E-state index >= 15 is 0 Å². The van der Waals surface area contributed by atoms with Crippen LogP contribution in [0.2, 0.25) is 0 Å². The van der Waals surface area contributed by atoms with Crippen LogP contribution in [0.5, 0.6) is 11.6 Å². The molecular formula is C20H19N3O3. The first-order chi connectivity index (χ1) is 12.7. The number of anilines is 1. The van der Waals surface area contributed by atoms with Gasteiger partial charge in [0.1, 0.15) is 5.75 Å². The fourth-order valence-electron chi connectivity index (χ4n) is 2.47. The molecule has 0 saturated carbocycles. The third-order valence-electron chi connectivity index (χ3n) is 3.82. The van der Waals surface area contributed by atoms with Crippen LogP contribution < -0.4 is 14.8 Å². The normalized spacial score (nSPS) is 10.2. The molecule has 6 heteroatoms. The van der Waals surface area contributed by atoms with E-state index in [0.29, 0.717) is 17.3 Å². The Morgan fingerprint density at radius 2 is 1.77 bits per heavy atom. The van der Waals surface area contributed by atoms with Crippen LogP contribution in [-0.4, -0.2) is 30.3 Å². The zero-order valence-electron chi connectivity index (χ0n) is 14.6. The monoisotopic (exact) mass is 349 g/mol. The molecule has 0 aliphatic heterocycles. The molecule has 26 heavy (non-hydrogen) atoms. The molecule has 0 saturated heterocycles. The summed E-state index contributed by atoms with van der Waals surface area (Å²) < 4.78 is 10.1. The predicted molar refractivity (Wildman–Crippen MR) is 99.3 cm³/mol. The van der Waals surface area contributed by atoms with E-state index in [9.17, 15) is 4.79 Å². The Morgan fingerprint density at radius 3 is 2.42 bits per heavy atom. The molecule has 1 amide bonds. The standard InChI is InChI=1S/C20H19N3O3/c1-25-17-8-6-14(7-9-17)12-19(24)21-16-5-3-4-15(13-16)18-10-11-20(26-2)23-22-18/h3-11,13H,12H2,1-2H3,(H,21,24). The summed E-state index contributed by atoms with van der Waals surface area (Å²) in [4.78, 5) is 12.3. The van der Waals surface area contributed by atoms with Crippen molar-refractivity contribution in [3.05, 3.63) is 66.2 Å². The van der Waals surface area contributed by atoms with Gasteiger partial charge in [0.05, 0.1) is 26.3 Å². The Hall–Kier alpha value is -3.41. The van der Waals surface area contributed by atoms with E-state index in [4.69, 9.17) is 9.47 Å².